The summed E-state index contributed by atoms with van der Waals surface area (Å²) in [4.78, 5) is 0. The molecule has 0 aromatic rings. The van der Waals surface area contributed by atoms with Crippen LogP contribution in [0.15, 0.2) is 0 Å². The first-order valence-electron chi connectivity index (χ1n) is 9.38. The van der Waals surface area contributed by atoms with E-state index in [-0.39, 0.29) is 12.8 Å². The zero-order valence-electron chi connectivity index (χ0n) is 15.0. The second kappa shape index (κ2) is 12.0. The molecule has 0 rings (SSSR count). The quantitative estimate of drug-likeness (QED) is 0.198. The van der Waals surface area contributed by atoms with Crippen molar-refractivity contribution in [2.24, 2.45) is 0 Å². The second-order valence-electron chi connectivity index (χ2n) is 6.77. The van der Waals surface area contributed by atoms with E-state index in [0.29, 0.717) is 6.42 Å². The molecule has 0 spiro atoms. The summed E-state index contributed by atoms with van der Waals surface area (Å²) in [7, 11) is 0. The Morgan fingerprint density at radius 1 is 0.480 bits per heavy atom. The van der Waals surface area contributed by atoms with E-state index in [9.17, 15) is 30.7 Å². The molecule has 0 amide bonds. The highest BCUT2D eigenvalue weighted by Gasteiger charge is 2.72. The Hall–Kier alpha value is -0.490. The van der Waals surface area contributed by atoms with Crippen LogP contribution in [0.1, 0.15) is 96.8 Å². The van der Waals surface area contributed by atoms with Gasteiger partial charge in [-0.15, -0.1) is 0 Å². The van der Waals surface area contributed by atoms with Crippen LogP contribution in [-0.2, 0) is 0 Å². The minimum absolute atomic E-state index is 0.251. The van der Waals surface area contributed by atoms with E-state index >= 15 is 0 Å². The summed E-state index contributed by atoms with van der Waals surface area (Å²) in [5.74, 6) is -11.0. The first kappa shape index (κ1) is 24.5. The number of hydrogen-bond acceptors (Lipinski definition) is 0. The van der Waals surface area contributed by atoms with Crippen molar-refractivity contribution in [2.75, 3.05) is 0 Å². The standard InChI is InChI=1S/C18H31F7/c1-2-3-4-5-6-7-8-9-10-11-12-13-14-15-16(19,20)17(21,22)18(23,24)25/h2-15H2,1H3. The van der Waals surface area contributed by atoms with Crippen LogP contribution in [0, 0.1) is 0 Å². The van der Waals surface area contributed by atoms with E-state index < -0.39 is 24.4 Å². The van der Waals surface area contributed by atoms with E-state index in [1.54, 1.807) is 0 Å². The largest absolute Gasteiger partial charge is 0.459 e. The van der Waals surface area contributed by atoms with Gasteiger partial charge >= 0.3 is 18.0 Å². The molecule has 0 aromatic heterocycles. The lowest BCUT2D eigenvalue weighted by Crippen LogP contribution is -2.51. The summed E-state index contributed by atoms with van der Waals surface area (Å²) in [5, 5.41) is 0. The summed E-state index contributed by atoms with van der Waals surface area (Å²) < 4.78 is 87.4. The average Bonchev–Trinajstić information content (AvgIpc) is 2.50. The molecule has 25 heavy (non-hydrogen) atoms. The first-order valence-corrected chi connectivity index (χ1v) is 9.38. The highest BCUT2D eigenvalue weighted by molar-refractivity contribution is 4.90. The van der Waals surface area contributed by atoms with Crippen molar-refractivity contribution in [1.29, 1.82) is 0 Å². The third kappa shape index (κ3) is 9.69. The van der Waals surface area contributed by atoms with Gasteiger partial charge in [-0.3, -0.25) is 0 Å². The van der Waals surface area contributed by atoms with Crippen molar-refractivity contribution in [3.05, 3.63) is 0 Å². The predicted octanol–water partition coefficient (Wildman–Crippen LogP) is 8.30. The minimum atomic E-state index is -6.22. The summed E-state index contributed by atoms with van der Waals surface area (Å²) >= 11 is 0. The van der Waals surface area contributed by atoms with E-state index in [1.165, 1.54) is 38.5 Å². The maximum Gasteiger partial charge on any atom is 0.459 e. The lowest BCUT2D eigenvalue weighted by molar-refractivity contribution is -0.355. The zero-order chi connectivity index (χ0) is 19.4. The maximum absolute atomic E-state index is 13.1. The van der Waals surface area contributed by atoms with Gasteiger partial charge in [-0.1, -0.05) is 84.0 Å². The summed E-state index contributed by atoms with van der Waals surface area (Å²) in [6, 6.07) is 0. The fourth-order valence-corrected chi connectivity index (χ4v) is 2.73. The van der Waals surface area contributed by atoms with Gasteiger partial charge in [0.2, 0.25) is 0 Å². The molecule has 0 aromatic carbocycles. The normalized spacial score (nSPS) is 13.4. The first-order chi connectivity index (χ1) is 11.6. The molecule has 0 nitrogen and oxygen atoms in total. The van der Waals surface area contributed by atoms with Gasteiger partial charge in [0.25, 0.3) is 0 Å². The van der Waals surface area contributed by atoms with Gasteiger partial charge in [0.15, 0.2) is 0 Å². The van der Waals surface area contributed by atoms with Crippen LogP contribution in [0.3, 0.4) is 0 Å². The second-order valence-corrected chi connectivity index (χ2v) is 6.77. The molecule has 0 aliphatic carbocycles. The molecular weight excluding hydrogens is 349 g/mol. The smallest absolute Gasteiger partial charge is 0.200 e. The molecule has 0 bridgehead atoms. The Morgan fingerprint density at radius 3 is 1.12 bits per heavy atom. The molecule has 0 atom stereocenters. The van der Waals surface area contributed by atoms with Gasteiger partial charge in [-0.25, -0.2) is 0 Å². The van der Waals surface area contributed by atoms with Crippen LogP contribution < -0.4 is 0 Å². The van der Waals surface area contributed by atoms with E-state index in [2.05, 4.69) is 6.92 Å². The van der Waals surface area contributed by atoms with E-state index in [0.717, 1.165) is 25.7 Å². The molecule has 0 unspecified atom stereocenters. The van der Waals surface area contributed by atoms with Gasteiger partial charge in [0, 0.05) is 6.42 Å². The van der Waals surface area contributed by atoms with Gasteiger partial charge in [-0.2, -0.15) is 30.7 Å². The SMILES string of the molecule is CCCCCCCCCCCCCCCC(F)(F)C(F)(F)C(F)(F)F. The zero-order valence-corrected chi connectivity index (χ0v) is 15.0. The number of rotatable bonds is 15. The molecule has 0 aliphatic heterocycles. The molecule has 7 heteroatoms. The number of hydrogen-bond donors (Lipinski definition) is 0. The topological polar surface area (TPSA) is 0 Å². The molecule has 0 heterocycles. The Balaban J connectivity index is 3.61. The van der Waals surface area contributed by atoms with E-state index in [1.807, 2.05) is 0 Å². The Morgan fingerprint density at radius 2 is 0.800 bits per heavy atom. The summed E-state index contributed by atoms with van der Waals surface area (Å²) in [6.45, 7) is 2.17. The molecular formula is C18H31F7. The monoisotopic (exact) mass is 380 g/mol. The van der Waals surface area contributed by atoms with Crippen molar-refractivity contribution >= 4 is 0 Å². The van der Waals surface area contributed by atoms with Gasteiger partial charge < -0.3 is 0 Å². The van der Waals surface area contributed by atoms with Crippen LogP contribution in [0.5, 0.6) is 0 Å². The fraction of sp³-hybridized carbons (Fsp3) is 1.00. The lowest BCUT2D eigenvalue weighted by Gasteiger charge is -2.28. The van der Waals surface area contributed by atoms with E-state index in [4.69, 9.17) is 0 Å². The lowest BCUT2D eigenvalue weighted by atomic mass is 10.0. The van der Waals surface area contributed by atoms with Crippen LogP contribution >= 0.6 is 0 Å². The molecule has 152 valence electrons. The molecule has 0 radical (unpaired) electrons. The fourth-order valence-electron chi connectivity index (χ4n) is 2.73. The van der Waals surface area contributed by atoms with Gasteiger partial charge in [-0.05, 0) is 6.42 Å². The molecule has 0 aliphatic rings. The summed E-state index contributed by atoms with van der Waals surface area (Å²) in [6.07, 6.45) is 4.22. The molecule has 0 N–H and O–H groups in total. The average molecular weight is 380 g/mol. The minimum Gasteiger partial charge on any atom is -0.200 e. The molecule has 0 saturated heterocycles. The third-order valence-electron chi connectivity index (χ3n) is 4.41. The molecule has 0 saturated carbocycles. The maximum atomic E-state index is 13.1. The van der Waals surface area contributed by atoms with Gasteiger partial charge in [0.05, 0.1) is 0 Å². The highest BCUT2D eigenvalue weighted by Crippen LogP contribution is 2.48. The Bertz CT molecular complexity index is 324. The molecule has 0 fully saturated rings. The highest BCUT2D eigenvalue weighted by atomic mass is 19.4. The number of unbranched alkanes of at least 4 members (excludes halogenated alkanes) is 12. The third-order valence-corrected chi connectivity index (χ3v) is 4.41. The van der Waals surface area contributed by atoms with Crippen LogP contribution in [0.2, 0.25) is 0 Å². The number of halogens is 7. The van der Waals surface area contributed by atoms with Crippen molar-refractivity contribution in [1.82, 2.24) is 0 Å². The van der Waals surface area contributed by atoms with Crippen LogP contribution in [0.25, 0.3) is 0 Å². The van der Waals surface area contributed by atoms with Crippen molar-refractivity contribution in [3.63, 3.8) is 0 Å². The van der Waals surface area contributed by atoms with Crippen molar-refractivity contribution < 1.29 is 30.7 Å². The van der Waals surface area contributed by atoms with Crippen molar-refractivity contribution in [2.45, 2.75) is 115 Å². The van der Waals surface area contributed by atoms with Crippen LogP contribution in [0.4, 0.5) is 30.7 Å². The predicted molar refractivity (Wildman–Crippen MR) is 86.3 cm³/mol. The summed E-state index contributed by atoms with van der Waals surface area (Å²) in [5.41, 5.74) is 0. The Labute approximate surface area is 146 Å². The van der Waals surface area contributed by atoms with Gasteiger partial charge in [0.1, 0.15) is 0 Å². The van der Waals surface area contributed by atoms with Crippen molar-refractivity contribution in [3.8, 4) is 0 Å². The Kier molecular flexibility index (Phi) is 11.8. The number of alkyl halides is 7. The van der Waals surface area contributed by atoms with Crippen LogP contribution in [-0.4, -0.2) is 18.0 Å².